The number of nitriles is 1. The van der Waals surface area contributed by atoms with Crippen LogP contribution in [0.15, 0.2) is 64.8 Å². The maximum absolute atomic E-state index is 13.8. The molecule has 1 aromatic heterocycles. The number of nitrogens with zero attached hydrogens (tertiary/aromatic N) is 6. The van der Waals surface area contributed by atoms with Crippen molar-refractivity contribution >= 4 is 17.8 Å². The molecule has 1 atom stereocenters. The Kier molecular flexibility index (Phi) is 8.01. The van der Waals surface area contributed by atoms with Crippen LogP contribution in [0.2, 0.25) is 0 Å². The SMILES string of the molecule is COC(=O)OC1=C(C)N(c2cccc(C(F)(F)F)c2)c2nn(CCCN(C)C)c(=O)n2C1c1ccc(C#N)cc1. The normalized spacial score (nSPS) is 15.2. The largest absolute Gasteiger partial charge is 0.513 e. The lowest BCUT2D eigenvalue weighted by molar-refractivity contribution is -0.137. The minimum absolute atomic E-state index is 0.0400. The number of carbonyl (C=O) groups is 1. The molecule has 40 heavy (non-hydrogen) atoms. The number of benzene rings is 2. The Bertz CT molecular complexity index is 1530. The van der Waals surface area contributed by atoms with Gasteiger partial charge in [0.1, 0.15) is 6.04 Å². The van der Waals surface area contributed by atoms with Gasteiger partial charge in [0, 0.05) is 12.2 Å². The number of fused-ring (bicyclic) bond motifs is 1. The number of methoxy groups -OCH3 is 1. The molecule has 13 heteroatoms. The molecule has 4 rings (SSSR count). The molecule has 0 spiro atoms. The average Bonchev–Trinajstić information content (AvgIpc) is 3.23. The summed E-state index contributed by atoms with van der Waals surface area (Å²) < 4.78 is 53.6. The van der Waals surface area contributed by atoms with Crippen molar-refractivity contribution in [2.24, 2.45) is 0 Å². The number of allylic oxidation sites excluding steroid dienone is 2. The molecular weight excluding hydrogens is 529 g/mol. The third-order valence-electron chi connectivity index (χ3n) is 6.37. The van der Waals surface area contributed by atoms with Crippen molar-refractivity contribution in [3.05, 3.63) is 87.2 Å². The van der Waals surface area contributed by atoms with Gasteiger partial charge in [0.2, 0.25) is 5.95 Å². The van der Waals surface area contributed by atoms with Crippen molar-refractivity contribution in [3.63, 3.8) is 0 Å². The Hall–Kier alpha value is -4.57. The fourth-order valence-electron chi connectivity index (χ4n) is 4.48. The maximum atomic E-state index is 13.8. The van der Waals surface area contributed by atoms with Crippen molar-refractivity contribution in [1.82, 2.24) is 19.2 Å². The third-order valence-corrected chi connectivity index (χ3v) is 6.37. The van der Waals surface area contributed by atoms with Gasteiger partial charge in [0.15, 0.2) is 5.76 Å². The molecule has 0 saturated carbocycles. The number of hydrogen-bond donors (Lipinski definition) is 0. The molecule has 0 saturated heterocycles. The average molecular weight is 557 g/mol. The third kappa shape index (κ3) is 5.57. The van der Waals surface area contributed by atoms with Gasteiger partial charge in [-0.1, -0.05) is 18.2 Å². The lowest BCUT2D eigenvalue weighted by atomic mass is 10.00. The second-order valence-corrected chi connectivity index (χ2v) is 9.36. The molecule has 1 unspecified atom stereocenters. The highest BCUT2D eigenvalue weighted by Crippen LogP contribution is 2.43. The van der Waals surface area contributed by atoms with Crippen molar-refractivity contribution < 1.29 is 27.4 Å². The standard InChI is InChI=1S/C27H27F3N6O4/c1-17-23(40-26(38)39-4)22(19-11-9-18(16-31)10-12-19)36-24(32-34(25(36)37)14-6-13-33(2)3)35(17)21-8-5-7-20(15-21)27(28,29)30/h5,7-12,15,22H,6,13-14H2,1-4H3. The summed E-state index contributed by atoms with van der Waals surface area (Å²) in [6.07, 6.45) is -5.12. The predicted octanol–water partition coefficient (Wildman–Crippen LogP) is 4.64. The number of ether oxygens (including phenoxy) is 2. The first-order valence-electron chi connectivity index (χ1n) is 12.2. The molecule has 10 nitrogen and oxygen atoms in total. The van der Waals surface area contributed by atoms with Crippen LogP contribution >= 0.6 is 0 Å². The minimum atomic E-state index is -4.62. The summed E-state index contributed by atoms with van der Waals surface area (Å²) in [6, 6.07) is 11.9. The molecule has 210 valence electrons. The first-order valence-corrected chi connectivity index (χ1v) is 12.2. The van der Waals surface area contributed by atoms with Crippen molar-refractivity contribution in [2.45, 2.75) is 32.1 Å². The first kappa shape index (κ1) is 28.4. The van der Waals surface area contributed by atoms with E-state index in [1.54, 1.807) is 31.2 Å². The topological polar surface area (TPSA) is 106 Å². The first-order chi connectivity index (χ1) is 19.0. The summed E-state index contributed by atoms with van der Waals surface area (Å²) in [5.41, 5.74) is -0.328. The van der Waals surface area contributed by atoms with Gasteiger partial charge in [0.05, 0.1) is 30.0 Å². The van der Waals surface area contributed by atoms with Crippen LogP contribution in [-0.2, 0) is 22.2 Å². The summed E-state index contributed by atoms with van der Waals surface area (Å²) in [7, 11) is 4.89. The predicted molar refractivity (Wildman–Crippen MR) is 139 cm³/mol. The van der Waals surface area contributed by atoms with Crippen molar-refractivity contribution in [3.8, 4) is 6.07 Å². The van der Waals surface area contributed by atoms with E-state index in [-0.39, 0.29) is 29.6 Å². The molecule has 0 aliphatic carbocycles. The number of alkyl halides is 3. The van der Waals surface area contributed by atoms with E-state index in [0.717, 1.165) is 19.2 Å². The van der Waals surface area contributed by atoms with E-state index in [1.165, 1.54) is 26.3 Å². The van der Waals surface area contributed by atoms with Gasteiger partial charge >= 0.3 is 18.0 Å². The van der Waals surface area contributed by atoms with Crippen LogP contribution in [0.3, 0.4) is 0 Å². The fourth-order valence-corrected chi connectivity index (χ4v) is 4.48. The molecule has 0 radical (unpaired) electrons. The molecule has 0 bridgehead atoms. The monoisotopic (exact) mass is 556 g/mol. The highest BCUT2D eigenvalue weighted by atomic mass is 19.4. The summed E-state index contributed by atoms with van der Waals surface area (Å²) >= 11 is 0. The zero-order valence-electron chi connectivity index (χ0n) is 22.3. The minimum Gasteiger partial charge on any atom is -0.437 e. The number of carbonyl (C=O) groups excluding carboxylic acids is 1. The number of hydrogen-bond acceptors (Lipinski definition) is 8. The van der Waals surface area contributed by atoms with Crippen LogP contribution in [0.25, 0.3) is 0 Å². The summed E-state index contributed by atoms with van der Waals surface area (Å²) in [6.45, 7) is 2.45. The highest BCUT2D eigenvalue weighted by Gasteiger charge is 2.40. The number of anilines is 2. The molecule has 1 aliphatic heterocycles. The number of rotatable bonds is 7. The van der Waals surface area contributed by atoms with Crippen molar-refractivity contribution in [1.29, 1.82) is 5.26 Å². The molecule has 0 fully saturated rings. The van der Waals surface area contributed by atoms with Gasteiger partial charge < -0.3 is 14.4 Å². The number of aryl methyl sites for hydroxylation is 1. The maximum Gasteiger partial charge on any atom is 0.513 e. The smallest absolute Gasteiger partial charge is 0.437 e. The van der Waals surface area contributed by atoms with Crippen LogP contribution in [0.5, 0.6) is 0 Å². The van der Waals surface area contributed by atoms with Crippen LogP contribution < -0.4 is 10.6 Å². The molecule has 2 heterocycles. The van der Waals surface area contributed by atoms with Gasteiger partial charge in [-0.05, 0) is 69.9 Å². The van der Waals surface area contributed by atoms with Crippen LogP contribution in [0.4, 0.5) is 29.6 Å². The quantitative estimate of drug-likeness (QED) is 0.388. The van der Waals surface area contributed by atoms with Crippen LogP contribution in [0, 0.1) is 11.3 Å². The van der Waals surface area contributed by atoms with Gasteiger partial charge in [-0.15, -0.1) is 5.10 Å². The Balaban J connectivity index is 1.98. The van der Waals surface area contributed by atoms with Crippen molar-refractivity contribution in [2.75, 3.05) is 32.6 Å². The van der Waals surface area contributed by atoms with Crippen LogP contribution in [0.1, 0.15) is 36.1 Å². The Morgan fingerprint density at radius 2 is 1.88 bits per heavy atom. The Morgan fingerprint density at radius 1 is 1.18 bits per heavy atom. The second-order valence-electron chi connectivity index (χ2n) is 9.36. The van der Waals surface area contributed by atoms with E-state index >= 15 is 0 Å². The van der Waals surface area contributed by atoms with E-state index in [2.05, 4.69) is 5.10 Å². The van der Waals surface area contributed by atoms with E-state index in [4.69, 9.17) is 9.47 Å². The molecular formula is C27H27F3N6O4. The van der Waals surface area contributed by atoms with E-state index in [1.807, 2.05) is 25.1 Å². The molecule has 2 aromatic carbocycles. The zero-order chi connectivity index (χ0) is 29.2. The van der Waals surface area contributed by atoms with Crippen LogP contribution in [-0.4, -0.2) is 53.2 Å². The van der Waals surface area contributed by atoms with E-state index in [9.17, 15) is 28.0 Å². The van der Waals surface area contributed by atoms with Gasteiger partial charge in [-0.2, -0.15) is 18.4 Å². The second kappa shape index (κ2) is 11.3. The van der Waals surface area contributed by atoms with Gasteiger partial charge in [0.25, 0.3) is 0 Å². The fraction of sp³-hybridized carbons (Fsp3) is 0.333. The Labute approximate surface area is 228 Å². The summed E-state index contributed by atoms with van der Waals surface area (Å²) in [5.74, 6) is -0.00494. The number of halogens is 3. The zero-order valence-corrected chi connectivity index (χ0v) is 22.3. The molecule has 3 aromatic rings. The summed E-state index contributed by atoms with van der Waals surface area (Å²) in [4.78, 5) is 29.4. The van der Waals surface area contributed by atoms with E-state index < -0.39 is 29.6 Å². The highest BCUT2D eigenvalue weighted by molar-refractivity contribution is 5.69. The molecule has 0 N–H and O–H groups in total. The lowest BCUT2D eigenvalue weighted by Gasteiger charge is -2.35. The van der Waals surface area contributed by atoms with Gasteiger partial charge in [-0.3, -0.25) is 4.90 Å². The molecule has 1 aliphatic rings. The van der Waals surface area contributed by atoms with Gasteiger partial charge in [-0.25, -0.2) is 18.8 Å². The Morgan fingerprint density at radius 3 is 2.48 bits per heavy atom. The van der Waals surface area contributed by atoms with E-state index in [0.29, 0.717) is 24.1 Å². The number of aromatic nitrogens is 3. The lowest BCUT2D eigenvalue weighted by Crippen LogP contribution is -2.37. The molecule has 0 amide bonds. The summed E-state index contributed by atoms with van der Waals surface area (Å²) in [5, 5.41) is 13.8.